The van der Waals surface area contributed by atoms with Crippen LogP contribution in [0.2, 0.25) is 0 Å². The number of sulfonamides is 1. The largest absolute Gasteiger partial charge is 0.398 e. The molecule has 1 aromatic carbocycles. The number of aliphatic hydroxyl groups excluding tert-OH is 1. The third kappa shape index (κ3) is 4.16. The van der Waals surface area contributed by atoms with Gasteiger partial charge in [-0.25, -0.2) is 17.5 Å². The molecule has 0 aliphatic heterocycles. The van der Waals surface area contributed by atoms with Crippen LogP contribution in [-0.2, 0) is 10.0 Å². The highest BCUT2D eigenvalue weighted by Gasteiger charge is 2.21. The van der Waals surface area contributed by atoms with Gasteiger partial charge in [-0.1, -0.05) is 26.7 Å². The minimum absolute atomic E-state index is 0.0308. The highest BCUT2D eigenvalue weighted by Crippen LogP contribution is 2.19. The number of rotatable bonds is 7. The second-order valence-electron chi connectivity index (χ2n) is 4.68. The molecule has 0 saturated carbocycles. The molecule has 0 aliphatic carbocycles. The maximum absolute atomic E-state index is 12.9. The number of hydrogen-bond acceptors (Lipinski definition) is 4. The molecule has 0 aromatic heterocycles. The van der Waals surface area contributed by atoms with Crippen LogP contribution < -0.4 is 10.5 Å². The SMILES string of the molecule is CCC(CC)C(O)CNS(=O)(=O)c1ccc(F)cc1N. The molecule has 1 unspecified atom stereocenters. The predicted octanol–water partition coefficient (Wildman–Crippen LogP) is 1.48. The van der Waals surface area contributed by atoms with Crippen molar-refractivity contribution in [3.8, 4) is 0 Å². The van der Waals surface area contributed by atoms with E-state index in [0.717, 1.165) is 31.0 Å². The van der Waals surface area contributed by atoms with E-state index in [1.807, 2.05) is 13.8 Å². The summed E-state index contributed by atoms with van der Waals surface area (Å²) in [5.41, 5.74) is 5.35. The van der Waals surface area contributed by atoms with Crippen molar-refractivity contribution in [3.05, 3.63) is 24.0 Å². The van der Waals surface area contributed by atoms with Crippen molar-refractivity contribution in [1.82, 2.24) is 4.72 Å². The first kappa shape index (κ1) is 16.9. The summed E-state index contributed by atoms with van der Waals surface area (Å²) in [7, 11) is -3.85. The van der Waals surface area contributed by atoms with Gasteiger partial charge < -0.3 is 10.8 Å². The van der Waals surface area contributed by atoms with Crippen LogP contribution >= 0.6 is 0 Å². The number of hydrogen-bond donors (Lipinski definition) is 3. The normalized spacial score (nSPS) is 13.7. The first-order chi connectivity index (χ1) is 9.31. The van der Waals surface area contributed by atoms with E-state index in [1.54, 1.807) is 0 Å². The van der Waals surface area contributed by atoms with Crippen LogP contribution in [-0.4, -0.2) is 26.2 Å². The molecule has 0 heterocycles. The van der Waals surface area contributed by atoms with Crippen LogP contribution in [0.15, 0.2) is 23.1 Å². The molecule has 1 atom stereocenters. The van der Waals surface area contributed by atoms with Gasteiger partial charge >= 0.3 is 0 Å². The lowest BCUT2D eigenvalue weighted by molar-refractivity contribution is 0.107. The molecule has 0 aliphatic rings. The molecular formula is C13H21FN2O3S. The van der Waals surface area contributed by atoms with Crippen LogP contribution in [0.5, 0.6) is 0 Å². The molecule has 20 heavy (non-hydrogen) atoms. The summed E-state index contributed by atoms with van der Waals surface area (Å²) >= 11 is 0. The van der Waals surface area contributed by atoms with E-state index in [1.165, 1.54) is 0 Å². The molecule has 0 saturated heterocycles. The second kappa shape index (κ2) is 7.01. The van der Waals surface area contributed by atoms with Crippen molar-refractivity contribution in [2.24, 2.45) is 5.92 Å². The zero-order chi connectivity index (χ0) is 15.3. The van der Waals surface area contributed by atoms with E-state index in [-0.39, 0.29) is 23.0 Å². The molecule has 7 heteroatoms. The third-order valence-electron chi connectivity index (χ3n) is 3.34. The van der Waals surface area contributed by atoms with Crippen LogP contribution in [0, 0.1) is 11.7 Å². The quantitative estimate of drug-likeness (QED) is 0.665. The molecular weight excluding hydrogens is 283 g/mol. The molecule has 0 bridgehead atoms. The van der Waals surface area contributed by atoms with E-state index in [2.05, 4.69) is 4.72 Å². The summed E-state index contributed by atoms with van der Waals surface area (Å²) in [5.74, 6) is -0.568. The van der Waals surface area contributed by atoms with E-state index in [0.29, 0.717) is 0 Å². The Balaban J connectivity index is 2.80. The highest BCUT2D eigenvalue weighted by molar-refractivity contribution is 7.89. The summed E-state index contributed by atoms with van der Waals surface area (Å²) < 4.78 is 39.3. The maximum atomic E-state index is 12.9. The van der Waals surface area contributed by atoms with Gasteiger partial charge in [0.1, 0.15) is 10.7 Å². The maximum Gasteiger partial charge on any atom is 0.242 e. The molecule has 5 nitrogen and oxygen atoms in total. The molecule has 1 rings (SSSR count). The number of halogens is 1. The number of aliphatic hydroxyl groups is 1. The molecule has 0 amide bonds. The molecule has 0 radical (unpaired) electrons. The Hall–Kier alpha value is -1.18. The lowest BCUT2D eigenvalue weighted by Gasteiger charge is -2.20. The van der Waals surface area contributed by atoms with Crippen molar-refractivity contribution in [2.45, 2.75) is 37.7 Å². The lowest BCUT2D eigenvalue weighted by atomic mass is 9.97. The Kier molecular flexibility index (Phi) is 5.91. The van der Waals surface area contributed by atoms with Crippen molar-refractivity contribution in [3.63, 3.8) is 0 Å². The van der Waals surface area contributed by atoms with Crippen molar-refractivity contribution in [1.29, 1.82) is 0 Å². The smallest absolute Gasteiger partial charge is 0.242 e. The number of anilines is 1. The fourth-order valence-electron chi connectivity index (χ4n) is 2.04. The van der Waals surface area contributed by atoms with Crippen molar-refractivity contribution in [2.75, 3.05) is 12.3 Å². The first-order valence-electron chi connectivity index (χ1n) is 6.54. The van der Waals surface area contributed by atoms with Gasteiger partial charge in [-0.3, -0.25) is 0 Å². The number of nitrogens with one attached hydrogen (secondary N) is 1. The molecule has 0 spiro atoms. The average molecular weight is 304 g/mol. The third-order valence-corrected chi connectivity index (χ3v) is 4.83. The Bertz CT molecular complexity index is 545. The van der Waals surface area contributed by atoms with Crippen LogP contribution in [0.4, 0.5) is 10.1 Å². The number of nitrogen functional groups attached to an aromatic ring is 1. The van der Waals surface area contributed by atoms with Crippen LogP contribution in [0.25, 0.3) is 0 Å². The minimum Gasteiger partial charge on any atom is -0.398 e. The summed E-state index contributed by atoms with van der Waals surface area (Å²) in [6, 6.07) is 3.09. The molecule has 0 fully saturated rings. The van der Waals surface area contributed by atoms with Crippen LogP contribution in [0.1, 0.15) is 26.7 Å². The van der Waals surface area contributed by atoms with E-state index in [4.69, 9.17) is 5.73 Å². The molecule has 1 aromatic rings. The van der Waals surface area contributed by atoms with Gasteiger partial charge in [0.05, 0.1) is 11.8 Å². The number of nitrogens with two attached hydrogens (primary N) is 1. The topological polar surface area (TPSA) is 92.4 Å². The Morgan fingerprint density at radius 2 is 1.95 bits per heavy atom. The van der Waals surface area contributed by atoms with E-state index >= 15 is 0 Å². The highest BCUT2D eigenvalue weighted by atomic mass is 32.2. The lowest BCUT2D eigenvalue weighted by Crippen LogP contribution is -2.36. The van der Waals surface area contributed by atoms with Crippen molar-refractivity contribution < 1.29 is 17.9 Å². The monoisotopic (exact) mass is 304 g/mol. The zero-order valence-electron chi connectivity index (χ0n) is 11.6. The van der Waals surface area contributed by atoms with Crippen LogP contribution in [0.3, 0.4) is 0 Å². The fourth-order valence-corrected chi connectivity index (χ4v) is 3.20. The van der Waals surface area contributed by atoms with Gasteiger partial charge in [0.25, 0.3) is 0 Å². The Morgan fingerprint density at radius 3 is 2.45 bits per heavy atom. The van der Waals surface area contributed by atoms with E-state index in [9.17, 15) is 17.9 Å². The average Bonchev–Trinajstić information content (AvgIpc) is 2.37. The summed E-state index contributed by atoms with van der Waals surface area (Å²) in [6.07, 6.45) is 0.761. The first-order valence-corrected chi connectivity index (χ1v) is 8.02. The number of benzene rings is 1. The minimum atomic E-state index is -3.85. The van der Waals surface area contributed by atoms with E-state index < -0.39 is 21.9 Å². The Morgan fingerprint density at radius 1 is 1.35 bits per heavy atom. The summed E-state index contributed by atoms with van der Waals surface area (Å²) in [5, 5.41) is 9.91. The van der Waals surface area contributed by atoms with Gasteiger partial charge in [-0.05, 0) is 24.1 Å². The van der Waals surface area contributed by atoms with Gasteiger partial charge in [-0.2, -0.15) is 0 Å². The zero-order valence-corrected chi connectivity index (χ0v) is 12.5. The van der Waals surface area contributed by atoms with Gasteiger partial charge in [0.15, 0.2) is 0 Å². The van der Waals surface area contributed by atoms with Gasteiger partial charge in [-0.15, -0.1) is 0 Å². The molecule has 4 N–H and O–H groups in total. The van der Waals surface area contributed by atoms with Crippen molar-refractivity contribution >= 4 is 15.7 Å². The predicted molar refractivity (Wildman–Crippen MR) is 76.1 cm³/mol. The van der Waals surface area contributed by atoms with Gasteiger partial charge in [0, 0.05) is 6.54 Å². The Labute approximate surface area is 119 Å². The molecule has 114 valence electrons. The van der Waals surface area contributed by atoms with Gasteiger partial charge in [0.2, 0.25) is 10.0 Å². The standard InChI is InChI=1S/C13H21FN2O3S/c1-3-9(4-2)12(17)8-16-20(18,19)13-6-5-10(14)7-11(13)15/h5-7,9,12,16-17H,3-4,8,15H2,1-2H3. The fraction of sp³-hybridized carbons (Fsp3) is 0.538. The summed E-state index contributed by atoms with van der Waals surface area (Å²) in [6.45, 7) is 3.78. The summed E-state index contributed by atoms with van der Waals surface area (Å²) in [4.78, 5) is -0.185. The second-order valence-corrected chi connectivity index (χ2v) is 6.41.